The van der Waals surface area contributed by atoms with E-state index in [1.165, 1.54) is 13.3 Å². The summed E-state index contributed by atoms with van der Waals surface area (Å²) in [6.45, 7) is -0.00583. The summed E-state index contributed by atoms with van der Waals surface area (Å²) in [5.74, 6) is -0.936. The predicted octanol–water partition coefficient (Wildman–Crippen LogP) is -0.173. The fourth-order valence-electron chi connectivity index (χ4n) is 0.714. The Hall–Kier alpha value is -1.63. The first-order chi connectivity index (χ1) is 6.63. The van der Waals surface area contributed by atoms with Crippen LogP contribution in [0.2, 0.25) is 0 Å². The average Bonchev–Trinajstić information content (AvgIpc) is 2.62. The number of nitrogens with two attached hydrogens (primary N) is 1. The lowest BCUT2D eigenvalue weighted by Crippen LogP contribution is -2.21. The number of carbonyl (C=O) groups excluding carboxylic acids is 2. The Kier molecular flexibility index (Phi) is 3.41. The number of amides is 1. The number of anilines is 1. The van der Waals surface area contributed by atoms with Crippen LogP contribution >= 0.6 is 11.3 Å². The number of thiazole rings is 1. The van der Waals surface area contributed by atoms with Gasteiger partial charge in [0.1, 0.15) is 4.88 Å². The van der Waals surface area contributed by atoms with Crippen molar-refractivity contribution in [3.63, 3.8) is 0 Å². The lowest BCUT2D eigenvalue weighted by atomic mass is 10.6. The molecule has 1 aromatic heterocycles. The standard InChI is InChI=1S/C7H9N3O3S/c1-13-6(12)4-2-9-7(14-4)10-3-5(8)11/h2H,3H2,1H3,(H2,8,11)(H,9,10). The maximum atomic E-state index is 11.0. The van der Waals surface area contributed by atoms with Gasteiger partial charge in [-0.3, -0.25) is 4.79 Å². The SMILES string of the molecule is COC(=O)c1cnc(NCC(N)=O)s1. The van der Waals surface area contributed by atoms with Crippen LogP contribution in [-0.4, -0.2) is 30.5 Å². The van der Waals surface area contributed by atoms with Crippen LogP contribution in [0.3, 0.4) is 0 Å². The van der Waals surface area contributed by atoms with Crippen LogP contribution in [0, 0.1) is 0 Å². The number of esters is 1. The maximum absolute atomic E-state index is 11.0. The minimum Gasteiger partial charge on any atom is -0.465 e. The molecule has 0 aromatic carbocycles. The van der Waals surface area contributed by atoms with Gasteiger partial charge in [0.25, 0.3) is 0 Å². The van der Waals surface area contributed by atoms with E-state index >= 15 is 0 Å². The monoisotopic (exact) mass is 215 g/mol. The topological polar surface area (TPSA) is 94.3 Å². The van der Waals surface area contributed by atoms with E-state index in [0.717, 1.165) is 11.3 Å². The van der Waals surface area contributed by atoms with Gasteiger partial charge in [0, 0.05) is 0 Å². The molecule has 0 aliphatic carbocycles. The normalized spacial score (nSPS) is 9.50. The van der Waals surface area contributed by atoms with Crippen LogP contribution < -0.4 is 11.1 Å². The zero-order valence-corrected chi connectivity index (χ0v) is 8.26. The first kappa shape index (κ1) is 10.5. The van der Waals surface area contributed by atoms with Gasteiger partial charge in [0.15, 0.2) is 5.13 Å². The molecule has 0 saturated heterocycles. The van der Waals surface area contributed by atoms with Crippen LogP contribution in [-0.2, 0) is 9.53 Å². The second-order valence-corrected chi connectivity index (χ2v) is 3.37. The predicted molar refractivity (Wildman–Crippen MR) is 51.1 cm³/mol. The quantitative estimate of drug-likeness (QED) is 0.680. The molecule has 1 aromatic rings. The molecule has 0 atom stereocenters. The molecule has 1 amide bonds. The largest absolute Gasteiger partial charge is 0.465 e. The van der Waals surface area contributed by atoms with Gasteiger partial charge in [0.2, 0.25) is 5.91 Å². The van der Waals surface area contributed by atoms with Crippen molar-refractivity contribution in [1.82, 2.24) is 4.98 Å². The van der Waals surface area contributed by atoms with Crippen LogP contribution in [0.4, 0.5) is 5.13 Å². The molecule has 14 heavy (non-hydrogen) atoms. The van der Waals surface area contributed by atoms with Crippen molar-refractivity contribution < 1.29 is 14.3 Å². The highest BCUT2D eigenvalue weighted by molar-refractivity contribution is 7.17. The van der Waals surface area contributed by atoms with Gasteiger partial charge in [0.05, 0.1) is 19.9 Å². The van der Waals surface area contributed by atoms with E-state index in [1.807, 2.05) is 0 Å². The zero-order valence-electron chi connectivity index (χ0n) is 7.44. The van der Waals surface area contributed by atoms with E-state index in [4.69, 9.17) is 5.73 Å². The third kappa shape index (κ3) is 2.70. The van der Waals surface area contributed by atoms with Gasteiger partial charge < -0.3 is 15.8 Å². The lowest BCUT2D eigenvalue weighted by Gasteiger charge is -1.96. The smallest absolute Gasteiger partial charge is 0.349 e. The molecule has 0 aliphatic rings. The highest BCUT2D eigenvalue weighted by Gasteiger charge is 2.10. The van der Waals surface area contributed by atoms with Crippen molar-refractivity contribution >= 4 is 28.3 Å². The van der Waals surface area contributed by atoms with Gasteiger partial charge in [-0.1, -0.05) is 11.3 Å². The number of nitrogens with zero attached hydrogens (tertiary/aromatic N) is 1. The molecule has 76 valence electrons. The fourth-order valence-corrected chi connectivity index (χ4v) is 1.44. The number of rotatable bonds is 4. The Morgan fingerprint density at radius 2 is 2.43 bits per heavy atom. The van der Waals surface area contributed by atoms with Crippen molar-refractivity contribution in [2.45, 2.75) is 0 Å². The van der Waals surface area contributed by atoms with E-state index in [2.05, 4.69) is 15.0 Å². The van der Waals surface area contributed by atoms with Gasteiger partial charge in [-0.05, 0) is 0 Å². The first-order valence-electron chi connectivity index (χ1n) is 3.70. The molecule has 1 rings (SSSR count). The molecule has 0 saturated carbocycles. The van der Waals surface area contributed by atoms with Crippen molar-refractivity contribution in [3.05, 3.63) is 11.1 Å². The number of hydrogen-bond donors (Lipinski definition) is 2. The van der Waals surface area contributed by atoms with Crippen molar-refractivity contribution in [1.29, 1.82) is 0 Å². The van der Waals surface area contributed by atoms with Gasteiger partial charge in [-0.15, -0.1) is 0 Å². The average molecular weight is 215 g/mol. The number of hydrogen-bond acceptors (Lipinski definition) is 6. The molecule has 7 heteroatoms. The van der Waals surface area contributed by atoms with E-state index in [1.54, 1.807) is 0 Å². The number of carbonyl (C=O) groups is 2. The summed E-state index contributed by atoms with van der Waals surface area (Å²) < 4.78 is 4.49. The summed E-state index contributed by atoms with van der Waals surface area (Å²) in [5, 5.41) is 3.13. The van der Waals surface area contributed by atoms with E-state index < -0.39 is 11.9 Å². The second kappa shape index (κ2) is 4.56. The molecule has 0 radical (unpaired) electrons. The minimum atomic E-state index is -0.486. The van der Waals surface area contributed by atoms with E-state index in [0.29, 0.717) is 10.0 Å². The molecule has 0 aliphatic heterocycles. The van der Waals surface area contributed by atoms with Gasteiger partial charge in [-0.2, -0.15) is 0 Å². The summed E-state index contributed by atoms with van der Waals surface area (Å²) in [6, 6.07) is 0. The molecular weight excluding hydrogens is 206 g/mol. The number of primary amides is 1. The first-order valence-corrected chi connectivity index (χ1v) is 4.51. The third-order valence-corrected chi connectivity index (χ3v) is 2.24. The molecule has 1 heterocycles. The van der Waals surface area contributed by atoms with E-state index in [-0.39, 0.29) is 6.54 Å². The molecule has 0 unspecified atom stereocenters. The molecule has 3 N–H and O–H groups in total. The second-order valence-electron chi connectivity index (χ2n) is 2.34. The summed E-state index contributed by atoms with van der Waals surface area (Å²) in [6.07, 6.45) is 1.37. The van der Waals surface area contributed by atoms with Crippen LogP contribution in [0.1, 0.15) is 9.67 Å². The number of ether oxygens (including phenoxy) is 1. The summed E-state index contributed by atoms with van der Waals surface area (Å²) in [4.78, 5) is 25.6. The van der Waals surface area contributed by atoms with Crippen LogP contribution in [0.5, 0.6) is 0 Å². The molecule has 0 fully saturated rings. The molecule has 6 nitrogen and oxygen atoms in total. The van der Waals surface area contributed by atoms with Crippen LogP contribution in [0.25, 0.3) is 0 Å². The summed E-state index contributed by atoms with van der Waals surface area (Å²) >= 11 is 1.10. The van der Waals surface area contributed by atoms with Gasteiger partial charge in [-0.25, -0.2) is 9.78 Å². The Balaban J connectivity index is 2.59. The maximum Gasteiger partial charge on any atom is 0.349 e. The Morgan fingerprint density at radius 1 is 1.71 bits per heavy atom. The van der Waals surface area contributed by atoms with Crippen molar-refractivity contribution in [2.24, 2.45) is 5.73 Å². The Morgan fingerprint density at radius 3 is 3.00 bits per heavy atom. The zero-order chi connectivity index (χ0) is 10.6. The molecule has 0 spiro atoms. The minimum absolute atomic E-state index is 0.00583. The summed E-state index contributed by atoms with van der Waals surface area (Å²) in [7, 11) is 1.29. The van der Waals surface area contributed by atoms with E-state index in [9.17, 15) is 9.59 Å². The van der Waals surface area contributed by atoms with Crippen molar-refractivity contribution in [2.75, 3.05) is 19.0 Å². The number of nitrogens with one attached hydrogen (secondary N) is 1. The van der Waals surface area contributed by atoms with Crippen LogP contribution in [0.15, 0.2) is 6.20 Å². The highest BCUT2D eigenvalue weighted by Crippen LogP contribution is 2.18. The Labute approximate surface area is 84.1 Å². The third-order valence-electron chi connectivity index (χ3n) is 1.31. The molecular formula is C7H9N3O3S. The molecule has 0 bridgehead atoms. The number of methoxy groups -OCH3 is 1. The van der Waals surface area contributed by atoms with Gasteiger partial charge >= 0.3 is 5.97 Å². The summed E-state index contributed by atoms with van der Waals surface area (Å²) in [5.41, 5.74) is 4.92. The highest BCUT2D eigenvalue weighted by atomic mass is 32.1. The van der Waals surface area contributed by atoms with Crippen molar-refractivity contribution in [3.8, 4) is 0 Å². The fraction of sp³-hybridized carbons (Fsp3) is 0.286. The number of aromatic nitrogens is 1. The Bertz CT molecular complexity index is 350. The lowest BCUT2D eigenvalue weighted by molar-refractivity contribution is -0.116.